The van der Waals surface area contributed by atoms with Crippen molar-refractivity contribution in [1.29, 1.82) is 0 Å². The summed E-state index contributed by atoms with van der Waals surface area (Å²) in [7, 11) is 0. The molecule has 0 bridgehead atoms. The Labute approximate surface area is 75.6 Å². The number of benzene rings is 1. The number of fused-ring (bicyclic) bond motifs is 1. The predicted octanol–water partition coefficient (Wildman–Crippen LogP) is 3.45. The highest BCUT2D eigenvalue weighted by molar-refractivity contribution is 5.31. The van der Waals surface area contributed by atoms with Gasteiger partial charge in [-0.15, -0.1) is 0 Å². The topological polar surface area (TPSA) is 0 Å². The highest BCUT2D eigenvalue weighted by atomic mass is 14.2. The molecule has 0 heteroatoms. The van der Waals surface area contributed by atoms with Crippen LogP contribution < -0.4 is 0 Å². The minimum Gasteiger partial charge on any atom is -0.0776 e. The van der Waals surface area contributed by atoms with Crippen molar-refractivity contribution >= 4 is 0 Å². The van der Waals surface area contributed by atoms with E-state index in [1.165, 1.54) is 19.3 Å². The van der Waals surface area contributed by atoms with Crippen LogP contribution in [0, 0.1) is 5.92 Å². The first-order valence-electron chi connectivity index (χ1n) is 4.47. The molecule has 0 radical (unpaired) electrons. The molecule has 0 N–H and O–H groups in total. The van der Waals surface area contributed by atoms with Crippen molar-refractivity contribution in [2.75, 3.05) is 0 Å². The van der Waals surface area contributed by atoms with Crippen molar-refractivity contribution in [1.82, 2.24) is 0 Å². The van der Waals surface area contributed by atoms with Crippen LogP contribution in [0.5, 0.6) is 0 Å². The van der Waals surface area contributed by atoms with Gasteiger partial charge < -0.3 is 0 Å². The third-order valence-electron chi connectivity index (χ3n) is 2.71. The van der Waals surface area contributed by atoms with E-state index in [1.807, 2.05) is 0 Å². The molecular formula is C12H18. The normalized spacial score (nSPS) is 15.4. The summed E-state index contributed by atoms with van der Waals surface area (Å²) in [6.07, 6.45) is 3.95. The van der Waals surface area contributed by atoms with Crippen molar-refractivity contribution in [3.63, 3.8) is 0 Å². The molecule has 0 amide bonds. The number of hydrogen-bond acceptors (Lipinski definition) is 0. The van der Waals surface area contributed by atoms with E-state index in [0.29, 0.717) is 0 Å². The molecule has 0 heterocycles. The van der Waals surface area contributed by atoms with E-state index in [9.17, 15) is 0 Å². The van der Waals surface area contributed by atoms with E-state index in [-0.39, 0.29) is 7.43 Å². The minimum atomic E-state index is 0. The lowest BCUT2D eigenvalue weighted by atomic mass is 10.0. The first-order chi connectivity index (χ1) is 5.40. The van der Waals surface area contributed by atoms with Gasteiger partial charge in [-0.1, -0.05) is 45.0 Å². The van der Waals surface area contributed by atoms with Crippen LogP contribution in [-0.2, 0) is 12.8 Å². The molecule has 0 spiro atoms. The molecule has 1 aromatic carbocycles. The van der Waals surface area contributed by atoms with Gasteiger partial charge in [0.2, 0.25) is 0 Å². The molecule has 1 aliphatic carbocycles. The van der Waals surface area contributed by atoms with Gasteiger partial charge in [-0.2, -0.15) is 0 Å². The van der Waals surface area contributed by atoms with E-state index < -0.39 is 0 Å². The molecule has 0 saturated carbocycles. The third kappa shape index (κ3) is 1.52. The number of hydrogen-bond donors (Lipinski definition) is 0. The van der Waals surface area contributed by atoms with Gasteiger partial charge in [0.1, 0.15) is 0 Å². The van der Waals surface area contributed by atoms with E-state index in [4.69, 9.17) is 0 Å². The molecule has 1 aliphatic rings. The maximum Gasteiger partial charge on any atom is -0.0245 e. The second-order valence-electron chi connectivity index (χ2n) is 3.45. The maximum absolute atomic E-state index is 2.29. The fourth-order valence-corrected chi connectivity index (χ4v) is 1.94. The Morgan fingerprint density at radius 3 is 2.08 bits per heavy atom. The standard InChI is InChI=1S/C11H14.CH4/c1-2-9-7-10-5-3-4-6-11(10)8-9;/h3-6,9H,2,7-8H2,1H3;1H4. The maximum atomic E-state index is 2.29. The lowest BCUT2D eigenvalue weighted by molar-refractivity contribution is 0.543. The van der Waals surface area contributed by atoms with Crippen LogP contribution in [0.3, 0.4) is 0 Å². The average molecular weight is 162 g/mol. The largest absolute Gasteiger partial charge is 0.0776 e. The zero-order valence-electron chi connectivity index (χ0n) is 7.01. The second-order valence-corrected chi connectivity index (χ2v) is 3.45. The fourth-order valence-electron chi connectivity index (χ4n) is 1.94. The van der Waals surface area contributed by atoms with Crippen LogP contribution in [-0.4, -0.2) is 0 Å². The average Bonchev–Trinajstić information content (AvgIpc) is 2.46. The molecule has 12 heavy (non-hydrogen) atoms. The summed E-state index contributed by atoms with van der Waals surface area (Å²) in [6.45, 7) is 2.29. The first kappa shape index (κ1) is 9.31. The summed E-state index contributed by atoms with van der Waals surface area (Å²) in [4.78, 5) is 0. The van der Waals surface area contributed by atoms with Gasteiger partial charge >= 0.3 is 0 Å². The highest BCUT2D eigenvalue weighted by Crippen LogP contribution is 2.27. The molecule has 66 valence electrons. The lowest BCUT2D eigenvalue weighted by Crippen LogP contribution is -1.95. The van der Waals surface area contributed by atoms with Gasteiger partial charge in [0, 0.05) is 0 Å². The zero-order valence-corrected chi connectivity index (χ0v) is 7.01. The Hall–Kier alpha value is -0.780. The van der Waals surface area contributed by atoms with Crippen LogP contribution in [0.25, 0.3) is 0 Å². The Kier molecular flexibility index (Phi) is 2.91. The molecule has 0 atom stereocenters. The number of rotatable bonds is 1. The predicted molar refractivity (Wildman–Crippen MR) is 54.4 cm³/mol. The molecule has 0 saturated heterocycles. The summed E-state index contributed by atoms with van der Waals surface area (Å²) in [5.41, 5.74) is 3.17. The van der Waals surface area contributed by atoms with Crippen LogP contribution in [0.4, 0.5) is 0 Å². The molecular weight excluding hydrogens is 144 g/mol. The SMILES string of the molecule is C.CCC1Cc2ccccc2C1. The summed E-state index contributed by atoms with van der Waals surface area (Å²) < 4.78 is 0. The Balaban J connectivity index is 0.000000720. The lowest BCUT2D eigenvalue weighted by Gasteiger charge is -2.01. The Morgan fingerprint density at radius 1 is 1.17 bits per heavy atom. The van der Waals surface area contributed by atoms with Gasteiger partial charge in [-0.05, 0) is 29.9 Å². The fraction of sp³-hybridized carbons (Fsp3) is 0.500. The van der Waals surface area contributed by atoms with Crippen LogP contribution in [0.1, 0.15) is 31.9 Å². The van der Waals surface area contributed by atoms with E-state index in [1.54, 1.807) is 11.1 Å². The highest BCUT2D eigenvalue weighted by Gasteiger charge is 2.18. The van der Waals surface area contributed by atoms with Gasteiger partial charge in [-0.25, -0.2) is 0 Å². The summed E-state index contributed by atoms with van der Waals surface area (Å²) in [6, 6.07) is 8.84. The summed E-state index contributed by atoms with van der Waals surface area (Å²) in [5, 5.41) is 0. The van der Waals surface area contributed by atoms with E-state index in [2.05, 4.69) is 31.2 Å². The molecule has 0 fully saturated rings. The van der Waals surface area contributed by atoms with Crippen LogP contribution in [0.2, 0.25) is 0 Å². The van der Waals surface area contributed by atoms with Crippen molar-refractivity contribution in [3.8, 4) is 0 Å². The monoisotopic (exact) mass is 162 g/mol. The van der Waals surface area contributed by atoms with E-state index in [0.717, 1.165) is 5.92 Å². The summed E-state index contributed by atoms with van der Waals surface area (Å²) in [5.74, 6) is 0.924. The van der Waals surface area contributed by atoms with Gasteiger partial charge in [0.15, 0.2) is 0 Å². The van der Waals surface area contributed by atoms with E-state index >= 15 is 0 Å². The quantitative estimate of drug-likeness (QED) is 0.593. The third-order valence-corrected chi connectivity index (χ3v) is 2.71. The van der Waals surface area contributed by atoms with Crippen LogP contribution >= 0.6 is 0 Å². The van der Waals surface area contributed by atoms with Gasteiger partial charge in [0.05, 0.1) is 0 Å². The smallest absolute Gasteiger partial charge is 0.0245 e. The molecule has 0 unspecified atom stereocenters. The minimum absolute atomic E-state index is 0. The Bertz CT molecular complexity index is 225. The molecule has 1 aromatic rings. The van der Waals surface area contributed by atoms with Crippen molar-refractivity contribution in [3.05, 3.63) is 35.4 Å². The first-order valence-corrected chi connectivity index (χ1v) is 4.47. The zero-order chi connectivity index (χ0) is 7.68. The second kappa shape index (κ2) is 3.75. The van der Waals surface area contributed by atoms with Crippen molar-refractivity contribution < 1.29 is 0 Å². The van der Waals surface area contributed by atoms with Gasteiger partial charge in [0.25, 0.3) is 0 Å². The van der Waals surface area contributed by atoms with Crippen molar-refractivity contribution in [2.45, 2.75) is 33.6 Å². The van der Waals surface area contributed by atoms with Crippen molar-refractivity contribution in [2.24, 2.45) is 5.92 Å². The molecule has 2 rings (SSSR count). The van der Waals surface area contributed by atoms with Gasteiger partial charge in [-0.3, -0.25) is 0 Å². The molecule has 0 aromatic heterocycles. The summed E-state index contributed by atoms with van der Waals surface area (Å²) >= 11 is 0. The molecule has 0 aliphatic heterocycles. The van der Waals surface area contributed by atoms with Crippen LogP contribution in [0.15, 0.2) is 24.3 Å². The Morgan fingerprint density at radius 2 is 1.67 bits per heavy atom. The molecule has 0 nitrogen and oxygen atoms in total.